The Bertz CT molecular complexity index is 335. The quantitative estimate of drug-likeness (QED) is 0.790. The molecule has 0 bridgehead atoms. The smallest absolute Gasteiger partial charge is 0.0303 e. The third-order valence-electron chi connectivity index (χ3n) is 2.79. The lowest BCUT2D eigenvalue weighted by atomic mass is 9.92. The van der Waals surface area contributed by atoms with Gasteiger partial charge in [-0.2, -0.15) is 0 Å². The van der Waals surface area contributed by atoms with Gasteiger partial charge < -0.3 is 5.73 Å². The molecule has 1 atom stereocenters. The summed E-state index contributed by atoms with van der Waals surface area (Å²) in [4.78, 5) is 0. The van der Waals surface area contributed by atoms with Crippen LogP contribution >= 0.6 is 12.4 Å². The van der Waals surface area contributed by atoms with E-state index in [1.165, 1.54) is 22.3 Å². The van der Waals surface area contributed by atoms with Gasteiger partial charge in [-0.1, -0.05) is 23.8 Å². The van der Waals surface area contributed by atoms with Gasteiger partial charge in [-0.05, 0) is 50.3 Å². The first-order valence-electron chi connectivity index (χ1n) is 5.50. The second-order valence-electron chi connectivity index (χ2n) is 4.28. The summed E-state index contributed by atoms with van der Waals surface area (Å²) in [7, 11) is 0. The minimum Gasteiger partial charge on any atom is -0.324 e. The highest BCUT2D eigenvalue weighted by Crippen LogP contribution is 2.24. The van der Waals surface area contributed by atoms with Gasteiger partial charge in [-0.25, -0.2) is 0 Å². The molecule has 0 aliphatic rings. The minimum atomic E-state index is 0. The Hall–Kier alpha value is -0.790. The fourth-order valence-electron chi connectivity index (χ4n) is 2.22. The molecule has 1 rings (SSSR count). The van der Waals surface area contributed by atoms with E-state index < -0.39 is 0 Å². The third-order valence-corrected chi connectivity index (χ3v) is 2.79. The van der Waals surface area contributed by atoms with E-state index in [0.29, 0.717) is 0 Å². The Morgan fingerprint density at radius 2 is 1.75 bits per heavy atom. The van der Waals surface area contributed by atoms with E-state index in [4.69, 9.17) is 5.73 Å². The van der Waals surface area contributed by atoms with E-state index in [1.54, 1.807) is 0 Å². The molecule has 2 heteroatoms. The van der Waals surface area contributed by atoms with Crippen molar-refractivity contribution in [2.75, 3.05) is 0 Å². The summed E-state index contributed by atoms with van der Waals surface area (Å²) in [5, 5.41) is 0. The van der Waals surface area contributed by atoms with Gasteiger partial charge in [0, 0.05) is 6.04 Å². The highest BCUT2D eigenvalue weighted by atomic mass is 35.5. The summed E-state index contributed by atoms with van der Waals surface area (Å²) in [5.74, 6) is 0. The van der Waals surface area contributed by atoms with Crippen molar-refractivity contribution in [1.29, 1.82) is 0 Å². The maximum absolute atomic E-state index is 6.19. The predicted octanol–water partition coefficient (Wildman–Crippen LogP) is 4.00. The molecule has 0 amide bonds. The summed E-state index contributed by atoms with van der Waals surface area (Å²) in [6, 6.07) is 4.55. The normalized spacial score (nSPS) is 11.8. The zero-order valence-electron chi connectivity index (χ0n) is 10.4. The van der Waals surface area contributed by atoms with Gasteiger partial charge in [-0.3, -0.25) is 0 Å². The van der Waals surface area contributed by atoms with E-state index in [1.807, 2.05) is 6.08 Å². The van der Waals surface area contributed by atoms with E-state index in [9.17, 15) is 0 Å². The second kappa shape index (κ2) is 6.72. The van der Waals surface area contributed by atoms with Crippen LogP contribution < -0.4 is 5.73 Å². The summed E-state index contributed by atoms with van der Waals surface area (Å²) in [6.07, 6.45) is 3.89. The Labute approximate surface area is 105 Å². The van der Waals surface area contributed by atoms with Crippen molar-refractivity contribution in [2.45, 2.75) is 39.7 Å². The Morgan fingerprint density at radius 3 is 2.19 bits per heavy atom. The molecule has 0 aliphatic heterocycles. The number of rotatable bonds is 4. The van der Waals surface area contributed by atoms with E-state index in [0.717, 1.165) is 12.8 Å². The first-order valence-corrected chi connectivity index (χ1v) is 5.50. The van der Waals surface area contributed by atoms with Crippen LogP contribution in [0.1, 0.15) is 41.1 Å². The van der Waals surface area contributed by atoms with Crippen LogP contribution in [-0.2, 0) is 0 Å². The molecule has 1 aromatic carbocycles. The highest BCUT2D eigenvalue weighted by Gasteiger charge is 2.11. The lowest BCUT2D eigenvalue weighted by Crippen LogP contribution is -2.13. The van der Waals surface area contributed by atoms with Gasteiger partial charge in [0.25, 0.3) is 0 Å². The molecule has 0 aliphatic carbocycles. The highest BCUT2D eigenvalue weighted by molar-refractivity contribution is 5.85. The van der Waals surface area contributed by atoms with Gasteiger partial charge in [0.1, 0.15) is 0 Å². The third kappa shape index (κ3) is 3.66. The SMILES string of the molecule is C=CCC[C@@H](N)c1c(C)cc(C)cc1C.Cl. The average molecular weight is 240 g/mol. The molecule has 2 N–H and O–H groups in total. The number of hydrogen-bond donors (Lipinski definition) is 1. The summed E-state index contributed by atoms with van der Waals surface area (Å²) in [6.45, 7) is 10.1. The molecule has 0 aromatic heterocycles. The number of halogens is 1. The van der Waals surface area contributed by atoms with Crippen molar-refractivity contribution in [3.8, 4) is 0 Å². The molecule has 1 nitrogen and oxygen atoms in total. The van der Waals surface area contributed by atoms with Crippen LogP contribution in [-0.4, -0.2) is 0 Å². The van der Waals surface area contributed by atoms with Gasteiger partial charge >= 0.3 is 0 Å². The van der Waals surface area contributed by atoms with E-state index in [2.05, 4.69) is 39.5 Å². The fourth-order valence-corrected chi connectivity index (χ4v) is 2.22. The molecule has 0 heterocycles. The topological polar surface area (TPSA) is 26.0 Å². The van der Waals surface area contributed by atoms with Crippen molar-refractivity contribution in [2.24, 2.45) is 5.73 Å². The standard InChI is InChI=1S/C14H21N.ClH/c1-5-6-7-13(15)14-11(3)8-10(2)9-12(14)4;/h5,8-9,13H,1,6-7,15H2,2-4H3;1H/t13-;/m1./s1. The van der Waals surface area contributed by atoms with E-state index >= 15 is 0 Å². The van der Waals surface area contributed by atoms with Crippen LogP contribution in [0.5, 0.6) is 0 Å². The predicted molar refractivity (Wildman–Crippen MR) is 74.3 cm³/mol. The fraction of sp³-hybridized carbons (Fsp3) is 0.429. The summed E-state index contributed by atoms with van der Waals surface area (Å²) >= 11 is 0. The first-order chi connectivity index (χ1) is 7.06. The summed E-state index contributed by atoms with van der Waals surface area (Å²) < 4.78 is 0. The van der Waals surface area contributed by atoms with Crippen molar-refractivity contribution < 1.29 is 0 Å². The number of allylic oxidation sites excluding steroid dienone is 1. The number of nitrogens with two attached hydrogens (primary N) is 1. The number of hydrogen-bond acceptors (Lipinski definition) is 1. The monoisotopic (exact) mass is 239 g/mol. The minimum absolute atomic E-state index is 0. The van der Waals surface area contributed by atoms with Crippen molar-refractivity contribution >= 4 is 12.4 Å². The Kier molecular flexibility index (Phi) is 6.39. The second-order valence-corrected chi connectivity index (χ2v) is 4.28. The molecule has 0 saturated heterocycles. The molecular weight excluding hydrogens is 218 g/mol. The van der Waals surface area contributed by atoms with Crippen LogP contribution in [0.3, 0.4) is 0 Å². The Balaban J connectivity index is 0.00000225. The molecule has 90 valence electrons. The lowest BCUT2D eigenvalue weighted by Gasteiger charge is -2.17. The molecule has 0 fully saturated rings. The maximum atomic E-state index is 6.19. The maximum Gasteiger partial charge on any atom is 0.0303 e. The largest absolute Gasteiger partial charge is 0.324 e. The van der Waals surface area contributed by atoms with Crippen LogP contribution in [0.4, 0.5) is 0 Å². The van der Waals surface area contributed by atoms with Gasteiger partial charge in [-0.15, -0.1) is 19.0 Å². The molecule has 1 aromatic rings. The van der Waals surface area contributed by atoms with E-state index in [-0.39, 0.29) is 18.4 Å². The van der Waals surface area contributed by atoms with Gasteiger partial charge in [0.2, 0.25) is 0 Å². The lowest BCUT2D eigenvalue weighted by molar-refractivity contribution is 0.653. The zero-order chi connectivity index (χ0) is 11.4. The van der Waals surface area contributed by atoms with Crippen LogP contribution in [0, 0.1) is 20.8 Å². The Morgan fingerprint density at radius 1 is 1.25 bits per heavy atom. The van der Waals surface area contributed by atoms with Crippen LogP contribution in [0.15, 0.2) is 24.8 Å². The van der Waals surface area contributed by atoms with Crippen molar-refractivity contribution in [3.05, 3.63) is 47.0 Å². The van der Waals surface area contributed by atoms with Crippen molar-refractivity contribution in [3.63, 3.8) is 0 Å². The number of benzene rings is 1. The van der Waals surface area contributed by atoms with Crippen LogP contribution in [0.25, 0.3) is 0 Å². The number of aryl methyl sites for hydroxylation is 3. The van der Waals surface area contributed by atoms with Crippen LogP contribution in [0.2, 0.25) is 0 Å². The summed E-state index contributed by atoms with van der Waals surface area (Å²) in [5.41, 5.74) is 11.4. The van der Waals surface area contributed by atoms with Crippen molar-refractivity contribution in [1.82, 2.24) is 0 Å². The van der Waals surface area contributed by atoms with Gasteiger partial charge in [0.15, 0.2) is 0 Å². The molecule has 0 spiro atoms. The zero-order valence-corrected chi connectivity index (χ0v) is 11.2. The van der Waals surface area contributed by atoms with Gasteiger partial charge in [0.05, 0.1) is 0 Å². The first kappa shape index (κ1) is 15.2. The molecule has 16 heavy (non-hydrogen) atoms. The molecule has 0 saturated carbocycles. The molecule has 0 radical (unpaired) electrons. The average Bonchev–Trinajstić information content (AvgIpc) is 2.12. The molecule has 0 unspecified atom stereocenters. The molecular formula is C14H22ClN.